The number of amides is 1. The number of fused-ring (bicyclic) bond motifs is 1. The van der Waals surface area contributed by atoms with Crippen LogP contribution in [-0.2, 0) is 11.2 Å². The first-order chi connectivity index (χ1) is 11.2. The maximum absolute atomic E-state index is 12.8. The third kappa shape index (κ3) is 3.16. The highest BCUT2D eigenvalue weighted by atomic mass is 16.5. The van der Waals surface area contributed by atoms with Crippen LogP contribution in [0, 0.1) is 0 Å². The highest BCUT2D eigenvalue weighted by Gasteiger charge is 2.30. The van der Waals surface area contributed by atoms with Gasteiger partial charge >= 0.3 is 0 Å². The number of anilines is 1. The summed E-state index contributed by atoms with van der Waals surface area (Å²) in [6, 6.07) is 15.4. The molecule has 0 unspecified atom stereocenters. The molecule has 1 aliphatic rings. The third-order valence-electron chi connectivity index (χ3n) is 4.14. The second-order valence-corrected chi connectivity index (χ2v) is 5.56. The van der Waals surface area contributed by atoms with Crippen LogP contribution in [0.3, 0.4) is 0 Å². The van der Waals surface area contributed by atoms with E-state index in [1.807, 2.05) is 54.3 Å². The van der Waals surface area contributed by atoms with E-state index in [0.717, 1.165) is 24.4 Å². The molecule has 0 saturated carbocycles. The van der Waals surface area contributed by atoms with Gasteiger partial charge < -0.3 is 14.4 Å². The van der Waals surface area contributed by atoms with Crippen LogP contribution in [0.5, 0.6) is 11.5 Å². The average Bonchev–Trinajstić information content (AvgIpc) is 3.03. The SMILES string of the molecule is CC[C@@H](Oc1ccc(OC)cc1)C(=O)N1CCc2ccccc21. The van der Waals surface area contributed by atoms with Crippen molar-refractivity contribution in [2.75, 3.05) is 18.6 Å². The number of methoxy groups -OCH3 is 1. The van der Waals surface area contributed by atoms with Gasteiger partial charge in [0.25, 0.3) is 5.91 Å². The molecule has 1 amide bonds. The quantitative estimate of drug-likeness (QED) is 0.849. The molecule has 0 aliphatic carbocycles. The molecule has 1 heterocycles. The minimum Gasteiger partial charge on any atom is -0.497 e. The summed E-state index contributed by atoms with van der Waals surface area (Å²) in [4.78, 5) is 14.7. The van der Waals surface area contributed by atoms with Crippen molar-refractivity contribution < 1.29 is 14.3 Å². The number of carbonyl (C=O) groups is 1. The summed E-state index contributed by atoms with van der Waals surface area (Å²) in [6.45, 7) is 2.69. The first kappa shape index (κ1) is 15.4. The predicted molar refractivity (Wildman–Crippen MR) is 90.2 cm³/mol. The zero-order valence-electron chi connectivity index (χ0n) is 13.5. The Morgan fingerprint density at radius 2 is 1.83 bits per heavy atom. The molecule has 23 heavy (non-hydrogen) atoms. The second-order valence-electron chi connectivity index (χ2n) is 5.56. The highest BCUT2D eigenvalue weighted by Crippen LogP contribution is 2.29. The Balaban J connectivity index is 1.74. The molecule has 1 aliphatic heterocycles. The number of benzene rings is 2. The monoisotopic (exact) mass is 311 g/mol. The number of para-hydroxylation sites is 1. The lowest BCUT2D eigenvalue weighted by molar-refractivity contribution is -0.125. The molecule has 0 fully saturated rings. The minimum atomic E-state index is -0.477. The molecule has 0 bridgehead atoms. The summed E-state index contributed by atoms with van der Waals surface area (Å²) in [7, 11) is 1.62. The van der Waals surface area contributed by atoms with Crippen LogP contribution in [0.15, 0.2) is 48.5 Å². The predicted octanol–water partition coefficient (Wildman–Crippen LogP) is 3.44. The van der Waals surface area contributed by atoms with Crippen molar-refractivity contribution in [3.05, 3.63) is 54.1 Å². The number of hydrogen-bond acceptors (Lipinski definition) is 3. The van der Waals surface area contributed by atoms with Crippen LogP contribution in [0.25, 0.3) is 0 Å². The van der Waals surface area contributed by atoms with Crippen molar-refractivity contribution >= 4 is 11.6 Å². The van der Waals surface area contributed by atoms with Crippen LogP contribution in [0.1, 0.15) is 18.9 Å². The fourth-order valence-corrected chi connectivity index (χ4v) is 2.87. The Kier molecular flexibility index (Phi) is 4.51. The zero-order valence-corrected chi connectivity index (χ0v) is 13.5. The van der Waals surface area contributed by atoms with E-state index in [-0.39, 0.29) is 5.91 Å². The van der Waals surface area contributed by atoms with E-state index in [1.165, 1.54) is 5.56 Å². The standard InChI is InChI=1S/C19H21NO3/c1-3-18(23-16-10-8-15(22-2)9-11-16)19(21)20-13-12-14-6-4-5-7-17(14)20/h4-11,18H,3,12-13H2,1-2H3/t18-/m1/s1. The number of carbonyl (C=O) groups excluding carboxylic acids is 1. The van der Waals surface area contributed by atoms with Crippen molar-refractivity contribution in [3.8, 4) is 11.5 Å². The lowest BCUT2D eigenvalue weighted by atomic mass is 10.2. The molecule has 0 spiro atoms. The molecule has 1 atom stereocenters. The summed E-state index contributed by atoms with van der Waals surface area (Å²) in [5.74, 6) is 1.47. The molecule has 0 aromatic heterocycles. The lowest BCUT2D eigenvalue weighted by Crippen LogP contribution is -2.41. The summed E-state index contributed by atoms with van der Waals surface area (Å²) < 4.78 is 11.0. The van der Waals surface area contributed by atoms with Gasteiger partial charge in [0.1, 0.15) is 11.5 Å². The normalized spacial score (nSPS) is 14.3. The lowest BCUT2D eigenvalue weighted by Gasteiger charge is -2.24. The van der Waals surface area contributed by atoms with Crippen molar-refractivity contribution in [3.63, 3.8) is 0 Å². The van der Waals surface area contributed by atoms with Crippen LogP contribution in [0.2, 0.25) is 0 Å². The molecule has 3 rings (SSSR count). The van der Waals surface area contributed by atoms with Gasteiger partial charge in [-0.05, 0) is 48.7 Å². The molecule has 0 saturated heterocycles. The number of hydrogen-bond donors (Lipinski definition) is 0. The first-order valence-electron chi connectivity index (χ1n) is 7.93. The van der Waals surface area contributed by atoms with E-state index in [9.17, 15) is 4.79 Å². The molecule has 0 radical (unpaired) electrons. The van der Waals surface area contributed by atoms with Crippen LogP contribution >= 0.6 is 0 Å². The zero-order chi connectivity index (χ0) is 16.2. The van der Waals surface area contributed by atoms with E-state index >= 15 is 0 Å². The average molecular weight is 311 g/mol. The first-order valence-corrected chi connectivity index (χ1v) is 7.93. The summed E-state index contributed by atoms with van der Waals surface area (Å²) in [6.07, 6.45) is 1.05. The smallest absolute Gasteiger partial charge is 0.268 e. The maximum atomic E-state index is 12.8. The fourth-order valence-electron chi connectivity index (χ4n) is 2.87. The fraction of sp³-hybridized carbons (Fsp3) is 0.316. The van der Waals surface area contributed by atoms with Gasteiger partial charge in [0.2, 0.25) is 0 Å². The molecular formula is C19H21NO3. The number of nitrogens with zero attached hydrogens (tertiary/aromatic N) is 1. The van der Waals surface area contributed by atoms with Gasteiger partial charge in [-0.1, -0.05) is 25.1 Å². The van der Waals surface area contributed by atoms with Gasteiger partial charge in [-0.2, -0.15) is 0 Å². The Morgan fingerprint density at radius 1 is 1.13 bits per heavy atom. The van der Waals surface area contributed by atoms with E-state index < -0.39 is 6.10 Å². The number of ether oxygens (including phenoxy) is 2. The second kappa shape index (κ2) is 6.73. The van der Waals surface area contributed by atoms with Crippen molar-refractivity contribution in [1.29, 1.82) is 0 Å². The Morgan fingerprint density at radius 3 is 2.52 bits per heavy atom. The van der Waals surface area contributed by atoms with Crippen LogP contribution < -0.4 is 14.4 Å². The molecular weight excluding hydrogens is 290 g/mol. The van der Waals surface area contributed by atoms with Gasteiger partial charge in [-0.15, -0.1) is 0 Å². The van der Waals surface area contributed by atoms with Crippen LogP contribution in [0.4, 0.5) is 5.69 Å². The summed E-state index contributed by atoms with van der Waals surface area (Å²) >= 11 is 0. The molecule has 2 aromatic rings. The third-order valence-corrected chi connectivity index (χ3v) is 4.14. The summed E-state index contributed by atoms with van der Waals surface area (Å²) in [5, 5.41) is 0. The Hall–Kier alpha value is -2.49. The largest absolute Gasteiger partial charge is 0.497 e. The molecule has 120 valence electrons. The van der Waals surface area contributed by atoms with E-state index in [0.29, 0.717) is 12.2 Å². The van der Waals surface area contributed by atoms with Crippen molar-refractivity contribution in [1.82, 2.24) is 0 Å². The Bertz CT molecular complexity index is 681. The Labute approximate surface area is 136 Å². The van der Waals surface area contributed by atoms with Crippen molar-refractivity contribution in [2.45, 2.75) is 25.9 Å². The van der Waals surface area contributed by atoms with Crippen LogP contribution in [-0.4, -0.2) is 25.7 Å². The van der Waals surface area contributed by atoms with E-state index in [4.69, 9.17) is 9.47 Å². The van der Waals surface area contributed by atoms with E-state index in [2.05, 4.69) is 6.07 Å². The van der Waals surface area contributed by atoms with Gasteiger partial charge in [-0.25, -0.2) is 0 Å². The van der Waals surface area contributed by atoms with Gasteiger partial charge in [0.05, 0.1) is 7.11 Å². The van der Waals surface area contributed by atoms with Crippen molar-refractivity contribution in [2.24, 2.45) is 0 Å². The molecule has 4 nitrogen and oxygen atoms in total. The van der Waals surface area contributed by atoms with Gasteiger partial charge in [-0.3, -0.25) is 4.79 Å². The van der Waals surface area contributed by atoms with Gasteiger partial charge in [0, 0.05) is 12.2 Å². The summed E-state index contributed by atoms with van der Waals surface area (Å²) in [5.41, 5.74) is 2.23. The molecule has 4 heteroatoms. The molecule has 2 aromatic carbocycles. The topological polar surface area (TPSA) is 38.8 Å². The van der Waals surface area contributed by atoms with E-state index in [1.54, 1.807) is 7.11 Å². The number of rotatable bonds is 5. The van der Waals surface area contributed by atoms with Gasteiger partial charge in [0.15, 0.2) is 6.10 Å². The minimum absolute atomic E-state index is 0.0215. The molecule has 0 N–H and O–H groups in total. The highest BCUT2D eigenvalue weighted by molar-refractivity contribution is 5.98. The maximum Gasteiger partial charge on any atom is 0.268 e.